The normalized spacial score (nSPS) is 16.1. The van der Waals surface area contributed by atoms with Gasteiger partial charge in [-0.05, 0) is 37.5 Å². The molecular weight excluding hydrogens is 248 g/mol. The van der Waals surface area contributed by atoms with Crippen molar-refractivity contribution >= 4 is 17.3 Å². The molecule has 1 aromatic rings. The molecule has 3 nitrogen and oxygen atoms in total. The highest BCUT2D eigenvalue weighted by Gasteiger charge is 2.18. The van der Waals surface area contributed by atoms with E-state index in [1.165, 1.54) is 32.1 Å². The van der Waals surface area contributed by atoms with E-state index in [1.54, 1.807) is 0 Å². The number of carbonyl (C=O) groups is 1. The second-order valence-electron chi connectivity index (χ2n) is 5.78. The summed E-state index contributed by atoms with van der Waals surface area (Å²) in [6.07, 6.45) is 8.35. The van der Waals surface area contributed by atoms with Crippen molar-refractivity contribution in [3.05, 3.63) is 24.3 Å². The molecule has 0 heterocycles. The van der Waals surface area contributed by atoms with E-state index in [0.29, 0.717) is 18.7 Å². The Morgan fingerprint density at radius 1 is 1.30 bits per heavy atom. The lowest BCUT2D eigenvalue weighted by Gasteiger charge is -2.24. The summed E-state index contributed by atoms with van der Waals surface area (Å²) in [4.78, 5) is 14.3. The Morgan fingerprint density at radius 3 is 2.70 bits per heavy atom. The van der Waals surface area contributed by atoms with Gasteiger partial charge in [0.15, 0.2) is 0 Å². The summed E-state index contributed by atoms with van der Waals surface area (Å²) in [5.41, 5.74) is 7.43. The average Bonchev–Trinajstić information content (AvgIpc) is 2.47. The number of nitrogens with zero attached hydrogens (tertiary/aromatic N) is 1. The van der Waals surface area contributed by atoms with Gasteiger partial charge in [0.05, 0.1) is 0 Å². The van der Waals surface area contributed by atoms with E-state index in [1.807, 2.05) is 36.1 Å². The lowest BCUT2D eigenvalue weighted by atomic mass is 9.86. The number of benzene rings is 1. The predicted molar refractivity (Wildman–Crippen MR) is 84.7 cm³/mol. The van der Waals surface area contributed by atoms with E-state index in [0.717, 1.165) is 18.0 Å². The number of carbonyl (C=O) groups excluding carboxylic acids is 1. The standard InChI is InChI=1S/C17H26N2O/c1-2-19(16-10-6-9-15(18)13-16)17(20)12-11-14-7-4-3-5-8-14/h6,9-10,13-14H,2-5,7-8,11-12,18H2,1H3. The van der Waals surface area contributed by atoms with Gasteiger partial charge in [-0.1, -0.05) is 38.2 Å². The minimum atomic E-state index is 0.226. The smallest absolute Gasteiger partial charge is 0.226 e. The van der Waals surface area contributed by atoms with Gasteiger partial charge in [0.1, 0.15) is 0 Å². The Bertz CT molecular complexity index is 438. The molecule has 0 unspecified atom stereocenters. The summed E-state index contributed by atoms with van der Waals surface area (Å²) in [6, 6.07) is 7.59. The molecule has 2 rings (SSSR count). The van der Waals surface area contributed by atoms with Gasteiger partial charge in [-0.25, -0.2) is 0 Å². The van der Waals surface area contributed by atoms with Crippen molar-refractivity contribution in [2.75, 3.05) is 17.2 Å². The van der Waals surface area contributed by atoms with Crippen LogP contribution in [0, 0.1) is 5.92 Å². The van der Waals surface area contributed by atoms with E-state index >= 15 is 0 Å². The molecule has 3 heteroatoms. The Balaban J connectivity index is 1.91. The zero-order valence-electron chi connectivity index (χ0n) is 12.5. The molecule has 110 valence electrons. The van der Waals surface area contributed by atoms with Crippen molar-refractivity contribution in [1.82, 2.24) is 0 Å². The zero-order valence-corrected chi connectivity index (χ0v) is 12.5. The molecule has 0 bridgehead atoms. The highest BCUT2D eigenvalue weighted by atomic mass is 16.2. The number of amides is 1. The Morgan fingerprint density at radius 2 is 2.05 bits per heavy atom. The van der Waals surface area contributed by atoms with Gasteiger partial charge in [0.25, 0.3) is 0 Å². The minimum Gasteiger partial charge on any atom is -0.399 e. The number of nitrogen functional groups attached to an aromatic ring is 1. The van der Waals surface area contributed by atoms with Crippen molar-refractivity contribution in [2.45, 2.75) is 51.9 Å². The largest absolute Gasteiger partial charge is 0.399 e. The number of hydrogen-bond donors (Lipinski definition) is 1. The van der Waals surface area contributed by atoms with Crippen molar-refractivity contribution < 1.29 is 4.79 Å². The molecule has 0 spiro atoms. The fourth-order valence-electron chi connectivity index (χ4n) is 3.13. The number of anilines is 2. The summed E-state index contributed by atoms with van der Waals surface area (Å²) in [5, 5.41) is 0. The van der Waals surface area contributed by atoms with E-state index < -0.39 is 0 Å². The van der Waals surface area contributed by atoms with Gasteiger partial charge < -0.3 is 10.6 Å². The minimum absolute atomic E-state index is 0.226. The second-order valence-corrected chi connectivity index (χ2v) is 5.78. The lowest BCUT2D eigenvalue weighted by Crippen LogP contribution is -2.31. The SMILES string of the molecule is CCN(C(=O)CCC1CCCCC1)c1cccc(N)c1. The van der Waals surface area contributed by atoms with Crippen molar-refractivity contribution in [2.24, 2.45) is 5.92 Å². The van der Waals surface area contributed by atoms with E-state index in [2.05, 4.69) is 0 Å². The van der Waals surface area contributed by atoms with Crippen LogP contribution in [-0.2, 0) is 4.79 Å². The van der Waals surface area contributed by atoms with Gasteiger partial charge in [0.2, 0.25) is 5.91 Å². The molecule has 1 aromatic carbocycles. The van der Waals surface area contributed by atoms with Gasteiger partial charge >= 0.3 is 0 Å². The molecule has 20 heavy (non-hydrogen) atoms. The van der Waals surface area contributed by atoms with Gasteiger partial charge in [0, 0.05) is 24.3 Å². The molecule has 1 amide bonds. The molecule has 0 atom stereocenters. The monoisotopic (exact) mass is 274 g/mol. The Kier molecular flexibility index (Phi) is 5.45. The first-order chi connectivity index (χ1) is 9.70. The second kappa shape index (κ2) is 7.32. The van der Waals surface area contributed by atoms with Crippen molar-refractivity contribution in [1.29, 1.82) is 0 Å². The van der Waals surface area contributed by atoms with Crippen LogP contribution in [0.25, 0.3) is 0 Å². The maximum Gasteiger partial charge on any atom is 0.226 e. The van der Waals surface area contributed by atoms with Crippen LogP contribution in [0.1, 0.15) is 51.9 Å². The molecular formula is C17H26N2O. The van der Waals surface area contributed by atoms with Crippen molar-refractivity contribution in [3.63, 3.8) is 0 Å². The molecule has 0 aromatic heterocycles. The van der Waals surface area contributed by atoms with Crippen LogP contribution in [0.15, 0.2) is 24.3 Å². The van der Waals surface area contributed by atoms with Crippen LogP contribution in [-0.4, -0.2) is 12.5 Å². The molecule has 2 N–H and O–H groups in total. The number of hydrogen-bond acceptors (Lipinski definition) is 2. The lowest BCUT2D eigenvalue weighted by molar-refractivity contribution is -0.118. The fourth-order valence-corrected chi connectivity index (χ4v) is 3.13. The summed E-state index contributed by atoms with van der Waals surface area (Å²) in [6.45, 7) is 2.72. The van der Waals surface area contributed by atoms with Crippen molar-refractivity contribution in [3.8, 4) is 0 Å². The fraction of sp³-hybridized carbons (Fsp3) is 0.588. The quantitative estimate of drug-likeness (QED) is 0.825. The van der Waals surface area contributed by atoms with Gasteiger partial charge in [-0.15, -0.1) is 0 Å². The molecule has 0 aliphatic heterocycles. The van der Waals surface area contributed by atoms with Gasteiger partial charge in [-0.2, -0.15) is 0 Å². The molecule has 1 aliphatic carbocycles. The Hall–Kier alpha value is -1.51. The molecule has 0 saturated heterocycles. The maximum absolute atomic E-state index is 12.4. The molecule has 1 aliphatic rings. The molecule has 1 fully saturated rings. The Labute approximate surface area is 122 Å². The summed E-state index contributed by atoms with van der Waals surface area (Å²) in [7, 11) is 0. The summed E-state index contributed by atoms with van der Waals surface area (Å²) < 4.78 is 0. The van der Waals surface area contributed by atoms with Crippen LogP contribution in [0.3, 0.4) is 0 Å². The zero-order chi connectivity index (χ0) is 14.4. The van der Waals surface area contributed by atoms with Crippen LogP contribution in [0.4, 0.5) is 11.4 Å². The van der Waals surface area contributed by atoms with E-state index in [-0.39, 0.29) is 5.91 Å². The third-order valence-electron chi connectivity index (χ3n) is 4.29. The summed E-state index contributed by atoms with van der Waals surface area (Å²) >= 11 is 0. The first-order valence-electron chi connectivity index (χ1n) is 7.86. The predicted octanol–water partition coefficient (Wildman–Crippen LogP) is 3.98. The number of rotatable bonds is 5. The first-order valence-corrected chi connectivity index (χ1v) is 7.86. The van der Waals surface area contributed by atoms with Crippen LogP contribution < -0.4 is 10.6 Å². The van der Waals surface area contributed by atoms with Crippen LogP contribution in [0.5, 0.6) is 0 Å². The summed E-state index contributed by atoms with van der Waals surface area (Å²) in [5.74, 6) is 0.982. The highest BCUT2D eigenvalue weighted by molar-refractivity contribution is 5.93. The van der Waals surface area contributed by atoms with Gasteiger partial charge in [-0.3, -0.25) is 4.79 Å². The van der Waals surface area contributed by atoms with Crippen LogP contribution in [0.2, 0.25) is 0 Å². The maximum atomic E-state index is 12.4. The third-order valence-corrected chi connectivity index (χ3v) is 4.29. The number of nitrogens with two attached hydrogens (primary N) is 1. The highest BCUT2D eigenvalue weighted by Crippen LogP contribution is 2.28. The van der Waals surface area contributed by atoms with E-state index in [9.17, 15) is 4.79 Å². The molecule has 0 radical (unpaired) electrons. The third kappa shape index (κ3) is 3.99. The van der Waals surface area contributed by atoms with Crippen LogP contribution >= 0.6 is 0 Å². The topological polar surface area (TPSA) is 46.3 Å². The molecule has 1 saturated carbocycles. The average molecular weight is 274 g/mol. The first kappa shape index (κ1) is 14.9. The van der Waals surface area contributed by atoms with E-state index in [4.69, 9.17) is 5.73 Å².